The Morgan fingerprint density at radius 1 is 1.35 bits per heavy atom. The molecule has 1 aromatic rings. The van der Waals surface area contributed by atoms with E-state index in [9.17, 15) is 0 Å². The van der Waals surface area contributed by atoms with E-state index in [1.54, 1.807) is 0 Å². The van der Waals surface area contributed by atoms with E-state index in [1.807, 2.05) is 0 Å². The lowest BCUT2D eigenvalue weighted by Crippen LogP contribution is -2.40. The van der Waals surface area contributed by atoms with Gasteiger partial charge in [-0.1, -0.05) is 5.16 Å². The van der Waals surface area contributed by atoms with Crippen molar-refractivity contribution in [2.75, 3.05) is 26.3 Å². The van der Waals surface area contributed by atoms with Crippen LogP contribution in [0, 0.1) is 5.92 Å². The molecule has 2 aliphatic rings. The van der Waals surface area contributed by atoms with Crippen molar-refractivity contribution in [1.29, 1.82) is 0 Å². The molecule has 1 saturated carbocycles. The Morgan fingerprint density at radius 3 is 2.82 bits per heavy atom. The van der Waals surface area contributed by atoms with E-state index in [2.05, 4.69) is 15.5 Å². The first-order chi connectivity index (χ1) is 7.92. The maximum absolute atomic E-state index is 5.54. The van der Waals surface area contributed by atoms with Crippen LogP contribution in [-0.2, 0) is 11.2 Å². The van der Waals surface area contributed by atoms with Gasteiger partial charge in [-0.3, -0.25) is 0 Å². The Balaban J connectivity index is 0.00000108. The maximum atomic E-state index is 5.54. The Morgan fingerprint density at radius 2 is 2.18 bits per heavy atom. The first kappa shape index (κ1) is 12.8. The average molecular weight is 260 g/mol. The van der Waals surface area contributed by atoms with Crippen LogP contribution < -0.4 is 5.32 Å². The van der Waals surface area contributed by atoms with Crippen molar-refractivity contribution in [3.05, 3.63) is 11.7 Å². The van der Waals surface area contributed by atoms with Gasteiger partial charge in [-0.05, 0) is 18.8 Å². The third kappa shape index (κ3) is 3.40. The smallest absolute Gasteiger partial charge is 0.232 e. The second-order valence-electron chi connectivity index (χ2n) is 4.67. The first-order valence-electron chi connectivity index (χ1n) is 6.03. The summed E-state index contributed by atoms with van der Waals surface area (Å²) < 4.78 is 10.7. The van der Waals surface area contributed by atoms with Gasteiger partial charge in [0.2, 0.25) is 5.89 Å². The lowest BCUT2D eigenvalue weighted by Gasteiger charge is -2.22. The Kier molecular flexibility index (Phi) is 4.36. The van der Waals surface area contributed by atoms with Gasteiger partial charge in [-0.15, -0.1) is 12.4 Å². The number of hydrogen-bond donors (Lipinski definition) is 1. The summed E-state index contributed by atoms with van der Waals surface area (Å²) in [4.78, 5) is 4.37. The third-order valence-electron chi connectivity index (χ3n) is 3.13. The van der Waals surface area contributed by atoms with Gasteiger partial charge >= 0.3 is 0 Å². The molecule has 0 bridgehead atoms. The maximum Gasteiger partial charge on any atom is 0.232 e. The van der Waals surface area contributed by atoms with Crippen molar-refractivity contribution in [2.45, 2.75) is 25.2 Å². The number of rotatable bonds is 6. The van der Waals surface area contributed by atoms with Crippen molar-refractivity contribution in [3.8, 4) is 0 Å². The van der Waals surface area contributed by atoms with Crippen molar-refractivity contribution in [3.63, 3.8) is 0 Å². The number of halogens is 1. The highest BCUT2D eigenvalue weighted by molar-refractivity contribution is 5.85. The molecular weight excluding hydrogens is 242 g/mol. The molecular formula is C11H18ClN3O2. The summed E-state index contributed by atoms with van der Waals surface area (Å²) in [6, 6.07) is 0. The molecule has 5 nitrogen and oxygen atoms in total. The van der Waals surface area contributed by atoms with Crippen LogP contribution in [0.25, 0.3) is 0 Å². The lowest BCUT2D eigenvalue weighted by atomic mass is 10.0. The molecule has 6 heteroatoms. The molecule has 0 aromatic carbocycles. The molecule has 0 unspecified atom stereocenters. The van der Waals surface area contributed by atoms with Crippen LogP contribution >= 0.6 is 12.4 Å². The molecule has 1 N–H and O–H groups in total. The molecule has 0 amide bonds. The van der Waals surface area contributed by atoms with Crippen molar-refractivity contribution >= 4 is 12.4 Å². The van der Waals surface area contributed by atoms with Gasteiger partial charge in [0, 0.05) is 26.1 Å². The Labute approximate surface area is 107 Å². The number of nitrogens with one attached hydrogen (secondary N) is 1. The molecule has 1 aromatic heterocycles. The number of nitrogens with zero attached hydrogens (tertiary/aromatic N) is 2. The standard InChI is InChI=1S/C11H17N3O2.ClH/c1-2-8(1)7-15-4-3-10-13-11(16-14-10)9-5-12-6-9;/h8-9,12H,1-7H2;1H. The number of hydrogen-bond acceptors (Lipinski definition) is 5. The zero-order chi connectivity index (χ0) is 10.8. The van der Waals surface area contributed by atoms with Crippen LogP contribution in [0.15, 0.2) is 4.52 Å². The zero-order valence-corrected chi connectivity index (χ0v) is 10.5. The Bertz CT molecular complexity index is 350. The highest BCUT2D eigenvalue weighted by Gasteiger charge is 2.25. The summed E-state index contributed by atoms with van der Waals surface area (Å²) in [7, 11) is 0. The minimum Gasteiger partial charge on any atom is -0.381 e. The van der Waals surface area contributed by atoms with Crippen molar-refractivity contribution in [1.82, 2.24) is 15.5 Å². The zero-order valence-electron chi connectivity index (χ0n) is 9.72. The molecule has 1 aliphatic heterocycles. The summed E-state index contributed by atoms with van der Waals surface area (Å²) in [5, 5.41) is 7.15. The molecule has 1 saturated heterocycles. The fourth-order valence-corrected chi connectivity index (χ4v) is 1.70. The predicted molar refractivity (Wildman–Crippen MR) is 64.4 cm³/mol. The minimum atomic E-state index is 0. The predicted octanol–water partition coefficient (Wildman–Crippen LogP) is 1.15. The summed E-state index contributed by atoms with van der Waals surface area (Å²) in [6.45, 7) is 3.52. The largest absolute Gasteiger partial charge is 0.381 e. The normalized spacial score (nSPS) is 19.8. The van der Waals surface area contributed by atoms with Crippen molar-refractivity contribution < 1.29 is 9.26 Å². The minimum absolute atomic E-state index is 0. The SMILES string of the molecule is C(Cc1noc(C2CNC2)n1)OCC1CC1.Cl. The van der Waals surface area contributed by atoms with E-state index >= 15 is 0 Å². The molecule has 2 fully saturated rings. The van der Waals surface area contributed by atoms with Gasteiger partial charge in [0.15, 0.2) is 5.82 Å². The average Bonchev–Trinajstić information content (AvgIpc) is 2.92. The van der Waals surface area contributed by atoms with Gasteiger partial charge in [0.1, 0.15) is 0 Å². The first-order valence-corrected chi connectivity index (χ1v) is 6.03. The highest BCUT2D eigenvalue weighted by Crippen LogP contribution is 2.28. The molecule has 1 aliphatic carbocycles. The number of aromatic nitrogens is 2. The van der Waals surface area contributed by atoms with E-state index in [1.165, 1.54) is 12.8 Å². The van der Waals surface area contributed by atoms with Crippen LogP contribution in [0.4, 0.5) is 0 Å². The van der Waals surface area contributed by atoms with E-state index < -0.39 is 0 Å². The summed E-state index contributed by atoms with van der Waals surface area (Å²) in [5.41, 5.74) is 0. The molecule has 96 valence electrons. The van der Waals surface area contributed by atoms with Gasteiger partial charge in [-0.25, -0.2) is 0 Å². The molecule has 0 radical (unpaired) electrons. The fourth-order valence-electron chi connectivity index (χ4n) is 1.70. The molecule has 0 atom stereocenters. The van der Waals surface area contributed by atoms with Crippen LogP contribution in [-0.4, -0.2) is 36.4 Å². The summed E-state index contributed by atoms with van der Waals surface area (Å²) in [5.74, 6) is 2.80. The number of ether oxygens (including phenoxy) is 1. The van der Waals surface area contributed by atoms with E-state index in [4.69, 9.17) is 9.26 Å². The molecule has 2 heterocycles. The second-order valence-corrected chi connectivity index (χ2v) is 4.67. The van der Waals surface area contributed by atoms with Gasteiger partial charge in [0.25, 0.3) is 0 Å². The summed E-state index contributed by atoms with van der Waals surface area (Å²) >= 11 is 0. The lowest BCUT2D eigenvalue weighted by molar-refractivity contribution is 0.125. The van der Waals surface area contributed by atoms with E-state index in [-0.39, 0.29) is 12.4 Å². The Hall–Kier alpha value is -0.650. The van der Waals surface area contributed by atoms with E-state index in [0.717, 1.165) is 43.8 Å². The molecule has 3 rings (SSSR count). The van der Waals surface area contributed by atoms with Crippen LogP contribution in [0.1, 0.15) is 30.5 Å². The van der Waals surface area contributed by atoms with Gasteiger partial charge < -0.3 is 14.6 Å². The second kappa shape index (κ2) is 5.80. The fraction of sp³-hybridized carbons (Fsp3) is 0.818. The monoisotopic (exact) mass is 259 g/mol. The quantitative estimate of drug-likeness (QED) is 0.777. The van der Waals surface area contributed by atoms with Crippen molar-refractivity contribution in [2.24, 2.45) is 5.92 Å². The van der Waals surface area contributed by atoms with Gasteiger partial charge in [0.05, 0.1) is 12.5 Å². The third-order valence-corrected chi connectivity index (χ3v) is 3.13. The summed E-state index contributed by atoms with van der Waals surface area (Å²) in [6.07, 6.45) is 3.43. The molecule has 0 spiro atoms. The van der Waals surface area contributed by atoms with E-state index in [0.29, 0.717) is 12.5 Å². The topological polar surface area (TPSA) is 60.2 Å². The highest BCUT2D eigenvalue weighted by atomic mass is 35.5. The molecule has 17 heavy (non-hydrogen) atoms. The van der Waals surface area contributed by atoms with Crippen LogP contribution in [0.3, 0.4) is 0 Å². The van der Waals surface area contributed by atoms with Crippen LogP contribution in [0.2, 0.25) is 0 Å². The van der Waals surface area contributed by atoms with Gasteiger partial charge in [-0.2, -0.15) is 4.98 Å². The van der Waals surface area contributed by atoms with Crippen LogP contribution in [0.5, 0.6) is 0 Å².